The van der Waals surface area contributed by atoms with E-state index in [0.717, 1.165) is 6.08 Å². The van der Waals surface area contributed by atoms with Crippen LogP contribution in [0, 0.1) is 0 Å². The summed E-state index contributed by atoms with van der Waals surface area (Å²) in [5.74, 6) is -3.96. The molecule has 0 radical (unpaired) electrons. The van der Waals surface area contributed by atoms with Crippen LogP contribution in [0.1, 0.15) is 12.0 Å². The van der Waals surface area contributed by atoms with Crippen molar-refractivity contribution in [1.29, 1.82) is 0 Å². The molecule has 0 amide bonds. The Bertz CT molecular complexity index is 772. The number of nitrogens with zero attached hydrogens (tertiary/aromatic N) is 1. The highest BCUT2D eigenvalue weighted by molar-refractivity contribution is 7.50. The lowest BCUT2D eigenvalue weighted by Gasteiger charge is -2.28. The highest BCUT2D eigenvalue weighted by Gasteiger charge is 2.38. The fraction of sp³-hybridized carbons (Fsp3) is 0.214. The van der Waals surface area contributed by atoms with E-state index in [1.165, 1.54) is 24.3 Å². The third-order valence-electron chi connectivity index (χ3n) is 3.23. The number of benzene rings is 1. The van der Waals surface area contributed by atoms with Crippen molar-refractivity contribution in [2.75, 3.05) is 0 Å². The first-order chi connectivity index (χ1) is 11.0. The van der Waals surface area contributed by atoms with E-state index in [2.05, 4.69) is 4.76 Å². The highest BCUT2D eigenvalue weighted by Crippen LogP contribution is 2.40. The van der Waals surface area contributed by atoms with Crippen LogP contribution in [0.25, 0.3) is 0 Å². The van der Waals surface area contributed by atoms with Gasteiger partial charge in [0.15, 0.2) is 5.79 Å². The van der Waals surface area contributed by atoms with Crippen LogP contribution in [0.3, 0.4) is 0 Å². The number of hydrogen-bond acceptors (Lipinski definition) is 6. The molecule has 0 aliphatic heterocycles. The molecule has 130 valence electrons. The lowest BCUT2D eigenvalue weighted by atomic mass is 9.89. The minimum Gasteiger partial charge on any atom is -0.512 e. The summed E-state index contributed by atoms with van der Waals surface area (Å²) in [6.45, 7) is 0. The van der Waals surface area contributed by atoms with Gasteiger partial charge in [0.1, 0.15) is 17.3 Å². The Kier molecular flexibility index (Phi) is 4.84. The second-order valence-corrected chi connectivity index (χ2v) is 6.52. The van der Waals surface area contributed by atoms with E-state index in [1.807, 2.05) is 0 Å². The van der Waals surface area contributed by atoms with Crippen molar-refractivity contribution >= 4 is 13.5 Å². The van der Waals surface area contributed by atoms with Gasteiger partial charge in [0.25, 0.3) is 0 Å². The summed E-state index contributed by atoms with van der Waals surface area (Å²) in [4.78, 5) is 17.9. The van der Waals surface area contributed by atoms with E-state index >= 15 is 0 Å². The van der Waals surface area contributed by atoms with E-state index in [4.69, 9.17) is 9.79 Å². The average Bonchev–Trinajstić information content (AvgIpc) is 2.37. The molecule has 0 fully saturated rings. The number of phenolic OH excluding ortho intramolecular Hbond substituents is 1. The molecule has 0 bridgehead atoms. The van der Waals surface area contributed by atoms with Gasteiger partial charge in [-0.2, -0.15) is 4.76 Å². The second kappa shape index (κ2) is 6.39. The number of allylic oxidation sites excluding steroid dienone is 2. The molecule has 10 heteroatoms. The fourth-order valence-corrected chi connectivity index (χ4v) is 2.84. The largest absolute Gasteiger partial charge is 0.512 e. The first kappa shape index (κ1) is 18.2. The van der Waals surface area contributed by atoms with Gasteiger partial charge in [-0.1, -0.05) is 12.1 Å². The van der Waals surface area contributed by atoms with Crippen molar-refractivity contribution < 1.29 is 39.9 Å². The smallest absolute Gasteiger partial charge is 0.448 e. The number of aliphatic hydroxyl groups is 4. The molecule has 1 aliphatic rings. The molecule has 0 spiro atoms. The first-order valence-electron chi connectivity index (χ1n) is 6.69. The maximum atomic E-state index is 11.1. The number of phenols is 1. The van der Waals surface area contributed by atoms with Crippen molar-refractivity contribution in [3.63, 3.8) is 0 Å². The Morgan fingerprint density at radius 2 is 1.67 bits per heavy atom. The molecule has 0 saturated carbocycles. The third-order valence-corrected chi connectivity index (χ3v) is 3.74. The first-order valence-corrected chi connectivity index (χ1v) is 8.25. The molecule has 24 heavy (non-hydrogen) atoms. The van der Waals surface area contributed by atoms with Crippen molar-refractivity contribution in [2.45, 2.75) is 18.6 Å². The van der Waals surface area contributed by atoms with Gasteiger partial charge in [-0.15, -0.1) is 0 Å². The molecule has 7 N–H and O–H groups in total. The van der Waals surface area contributed by atoms with E-state index < -0.39 is 49.2 Å². The zero-order valence-electron chi connectivity index (χ0n) is 12.2. The summed E-state index contributed by atoms with van der Waals surface area (Å²) in [5.41, 5.74) is -0.784. The minimum atomic E-state index is -4.93. The second-order valence-electron chi connectivity index (χ2n) is 5.29. The van der Waals surface area contributed by atoms with Crippen LogP contribution in [-0.2, 0) is 11.0 Å². The van der Waals surface area contributed by atoms with E-state index in [0.29, 0.717) is 5.56 Å². The van der Waals surface area contributed by atoms with Crippen molar-refractivity contribution in [1.82, 2.24) is 0 Å². The maximum absolute atomic E-state index is 11.1. The van der Waals surface area contributed by atoms with Gasteiger partial charge in [0, 0.05) is 18.9 Å². The Labute approximate surface area is 136 Å². The van der Waals surface area contributed by atoms with Crippen LogP contribution in [0.2, 0.25) is 0 Å². The Morgan fingerprint density at radius 1 is 1.08 bits per heavy atom. The zero-order valence-corrected chi connectivity index (χ0v) is 13.1. The molecule has 0 aromatic heterocycles. The van der Waals surface area contributed by atoms with Crippen molar-refractivity contribution in [3.8, 4) is 5.75 Å². The molecule has 0 atom stereocenters. The highest BCUT2D eigenvalue weighted by atomic mass is 31.2. The summed E-state index contributed by atoms with van der Waals surface area (Å²) in [6.07, 6.45) is -0.101. The molecule has 0 heterocycles. The summed E-state index contributed by atoms with van der Waals surface area (Å²) in [7, 11) is -4.93. The monoisotopic (exact) mass is 357 g/mol. The predicted molar refractivity (Wildman–Crippen MR) is 83.4 cm³/mol. The Balaban J connectivity index is 2.46. The fourth-order valence-electron chi connectivity index (χ4n) is 2.35. The molecule has 2 rings (SSSR count). The zero-order chi connectivity index (χ0) is 18.1. The van der Waals surface area contributed by atoms with Crippen molar-refractivity contribution in [2.24, 2.45) is 4.76 Å². The van der Waals surface area contributed by atoms with Crippen LogP contribution >= 0.6 is 7.75 Å². The van der Waals surface area contributed by atoms with Gasteiger partial charge >= 0.3 is 7.75 Å². The number of hydrogen-bond donors (Lipinski definition) is 7. The minimum absolute atomic E-state index is 0.0310. The molecular formula is C14H16NO8P. The van der Waals surface area contributed by atoms with Crippen LogP contribution in [0.4, 0.5) is 0 Å². The Morgan fingerprint density at radius 3 is 2.21 bits per heavy atom. The van der Waals surface area contributed by atoms with E-state index in [9.17, 15) is 30.1 Å². The van der Waals surface area contributed by atoms with Crippen molar-refractivity contribution in [3.05, 3.63) is 53.0 Å². The molecule has 0 unspecified atom stereocenters. The van der Waals surface area contributed by atoms with Gasteiger partial charge in [-0.3, -0.25) is 0 Å². The molecule has 1 aromatic carbocycles. The molecule has 0 saturated heterocycles. The summed E-state index contributed by atoms with van der Waals surface area (Å²) in [5, 5.41) is 49.3. The van der Waals surface area contributed by atoms with Gasteiger partial charge in [0.05, 0.1) is 11.3 Å². The van der Waals surface area contributed by atoms with Gasteiger partial charge in [-0.25, -0.2) is 4.57 Å². The van der Waals surface area contributed by atoms with E-state index in [1.54, 1.807) is 0 Å². The third kappa shape index (κ3) is 4.44. The summed E-state index contributed by atoms with van der Waals surface area (Å²) >= 11 is 0. The lowest BCUT2D eigenvalue weighted by molar-refractivity contribution is -0.123. The van der Waals surface area contributed by atoms with Gasteiger partial charge in [-0.05, 0) is 17.7 Å². The van der Waals surface area contributed by atoms with Crippen LogP contribution in [0.5, 0.6) is 5.75 Å². The predicted octanol–water partition coefficient (Wildman–Crippen LogP) is 0.807. The topological polar surface area (TPSA) is 171 Å². The SMILES string of the molecule is O=P(O)(O)N=C1CC(O)=CC(O)=C1C(O)(O)Cc1ccc(O)cc1. The van der Waals surface area contributed by atoms with Crippen LogP contribution < -0.4 is 0 Å². The quantitative estimate of drug-likeness (QED) is 0.306. The maximum Gasteiger partial charge on any atom is 0.448 e. The summed E-state index contributed by atoms with van der Waals surface area (Å²) in [6, 6.07) is 5.45. The lowest BCUT2D eigenvalue weighted by Crippen LogP contribution is -2.39. The Hall–Kier alpha value is -2.16. The molecule has 1 aromatic rings. The van der Waals surface area contributed by atoms with E-state index in [-0.39, 0.29) is 5.75 Å². The normalized spacial score (nSPS) is 18.0. The van der Waals surface area contributed by atoms with Crippen LogP contribution in [0.15, 0.2) is 52.2 Å². The molecule has 9 nitrogen and oxygen atoms in total. The van der Waals surface area contributed by atoms with Gasteiger partial charge < -0.3 is 35.3 Å². The number of aliphatic hydroxyl groups excluding tert-OH is 2. The standard InChI is InChI=1S/C14H16NO8P/c16-9-3-1-8(2-4-9)7-14(19,20)13-11(15-24(21,22)23)5-10(17)6-12(13)18/h1-4,6,16-20H,5,7H2,(H2,21,22,23). The summed E-state index contributed by atoms with van der Waals surface area (Å²) < 4.78 is 14.2. The number of rotatable bonds is 4. The molecular weight excluding hydrogens is 341 g/mol. The number of aromatic hydroxyl groups is 1. The molecule has 1 aliphatic carbocycles. The van der Waals surface area contributed by atoms with Gasteiger partial charge in [0.2, 0.25) is 0 Å². The average molecular weight is 357 g/mol. The van der Waals surface area contributed by atoms with Crippen LogP contribution in [-0.4, -0.2) is 46.8 Å².